The van der Waals surface area contributed by atoms with Gasteiger partial charge in [0, 0.05) is 5.02 Å². The molecule has 4 rings (SSSR count). The fourth-order valence-electron chi connectivity index (χ4n) is 3.79. The number of nitrogens with one attached hydrogen (secondary N) is 2. The predicted molar refractivity (Wildman–Crippen MR) is 153 cm³/mol. The van der Waals surface area contributed by atoms with Crippen LogP contribution < -0.4 is 29.7 Å². The topological polar surface area (TPSA) is 123 Å². The molecule has 206 valence electrons. The fraction of sp³-hybridized carbons (Fsp3) is 0.143. The van der Waals surface area contributed by atoms with E-state index < -0.39 is 23.8 Å². The number of anilines is 2. The Bertz CT molecular complexity index is 1510. The zero-order chi connectivity index (χ0) is 28.8. The molecule has 5 amide bonds. The second kappa shape index (κ2) is 12.7. The van der Waals surface area contributed by atoms with E-state index in [1.807, 2.05) is 0 Å². The van der Waals surface area contributed by atoms with Gasteiger partial charge in [0.2, 0.25) is 0 Å². The molecule has 1 fully saturated rings. The van der Waals surface area contributed by atoms with Gasteiger partial charge < -0.3 is 19.5 Å². The number of carbonyl (C=O) groups is 4. The second-order valence-corrected chi connectivity index (χ2v) is 9.53. The number of barbiturate groups is 1. The van der Waals surface area contributed by atoms with E-state index in [-0.39, 0.29) is 36.0 Å². The van der Waals surface area contributed by atoms with Gasteiger partial charge in [-0.1, -0.05) is 23.7 Å². The summed E-state index contributed by atoms with van der Waals surface area (Å²) in [6, 6.07) is 15.3. The molecule has 3 aromatic carbocycles. The van der Waals surface area contributed by atoms with Gasteiger partial charge in [0.25, 0.3) is 17.7 Å². The first kappa shape index (κ1) is 28.7. The third-order valence-corrected chi connectivity index (χ3v) is 6.40. The number of benzene rings is 3. The van der Waals surface area contributed by atoms with E-state index in [0.717, 1.165) is 4.90 Å². The van der Waals surface area contributed by atoms with Crippen LogP contribution in [0, 0.1) is 0 Å². The lowest BCUT2D eigenvalue weighted by molar-refractivity contribution is -0.122. The van der Waals surface area contributed by atoms with Crippen molar-refractivity contribution in [1.82, 2.24) is 5.32 Å². The lowest BCUT2D eigenvalue weighted by Gasteiger charge is -2.26. The van der Waals surface area contributed by atoms with Gasteiger partial charge in [-0.2, -0.15) is 0 Å². The van der Waals surface area contributed by atoms with Crippen molar-refractivity contribution in [2.24, 2.45) is 0 Å². The Kier molecular flexibility index (Phi) is 9.08. The van der Waals surface area contributed by atoms with E-state index >= 15 is 0 Å². The van der Waals surface area contributed by atoms with E-state index in [4.69, 9.17) is 25.8 Å². The first-order chi connectivity index (χ1) is 19.2. The number of urea groups is 1. The zero-order valence-electron chi connectivity index (χ0n) is 21.3. The van der Waals surface area contributed by atoms with Crippen LogP contribution in [0.1, 0.15) is 12.5 Å². The summed E-state index contributed by atoms with van der Waals surface area (Å²) in [7, 11) is 1.50. The molecule has 2 N–H and O–H groups in total. The van der Waals surface area contributed by atoms with Crippen molar-refractivity contribution < 1.29 is 33.4 Å². The molecular weight excluding hydrogens is 606 g/mol. The molecule has 0 saturated carbocycles. The highest BCUT2D eigenvalue weighted by Crippen LogP contribution is 2.38. The summed E-state index contributed by atoms with van der Waals surface area (Å²) in [5, 5.41) is 5.33. The largest absolute Gasteiger partial charge is 0.495 e. The molecule has 3 aromatic rings. The van der Waals surface area contributed by atoms with Crippen molar-refractivity contribution in [2.75, 3.05) is 30.5 Å². The van der Waals surface area contributed by atoms with Crippen molar-refractivity contribution >= 4 is 68.7 Å². The molecule has 0 atom stereocenters. The molecule has 1 aliphatic rings. The van der Waals surface area contributed by atoms with E-state index in [0.29, 0.717) is 26.5 Å². The van der Waals surface area contributed by atoms with Gasteiger partial charge in [-0.3, -0.25) is 19.7 Å². The number of amides is 5. The summed E-state index contributed by atoms with van der Waals surface area (Å²) in [5.41, 5.74) is 0.877. The van der Waals surface area contributed by atoms with Crippen LogP contribution in [-0.2, 0) is 14.4 Å². The Morgan fingerprint density at radius 2 is 1.77 bits per heavy atom. The number of rotatable bonds is 9. The maximum absolute atomic E-state index is 13.2. The summed E-state index contributed by atoms with van der Waals surface area (Å²) >= 11 is 9.33. The number of carbonyl (C=O) groups excluding carboxylic acids is 4. The molecular formula is C28H23BrClN3O7. The Morgan fingerprint density at radius 3 is 2.48 bits per heavy atom. The van der Waals surface area contributed by atoms with Gasteiger partial charge in [-0.15, -0.1) is 0 Å². The lowest BCUT2D eigenvalue weighted by Crippen LogP contribution is -2.54. The minimum absolute atomic E-state index is 0.247. The second-order valence-electron chi connectivity index (χ2n) is 8.23. The van der Waals surface area contributed by atoms with Gasteiger partial charge in [0.05, 0.1) is 29.6 Å². The number of para-hydroxylation sites is 2. The molecule has 0 aromatic heterocycles. The van der Waals surface area contributed by atoms with Crippen LogP contribution in [0.25, 0.3) is 6.08 Å². The monoisotopic (exact) mass is 627 g/mol. The highest BCUT2D eigenvalue weighted by molar-refractivity contribution is 9.10. The van der Waals surface area contributed by atoms with Gasteiger partial charge in [0.15, 0.2) is 18.1 Å². The van der Waals surface area contributed by atoms with Gasteiger partial charge in [-0.05, 0) is 83.0 Å². The summed E-state index contributed by atoms with van der Waals surface area (Å²) < 4.78 is 17.1. The number of nitrogens with zero attached hydrogens (tertiary/aromatic N) is 1. The SMILES string of the molecule is CCOc1cc(/C=C2/C(=O)NC(=O)N(c3ccc(Cl)cc3)C2=O)cc(Br)c1OCC(=O)Nc1ccccc1OC. The Balaban J connectivity index is 1.57. The quantitative estimate of drug-likeness (QED) is 0.247. The van der Waals surface area contributed by atoms with E-state index in [2.05, 4.69) is 26.6 Å². The summed E-state index contributed by atoms with van der Waals surface area (Å²) in [5.74, 6) is -1.07. The van der Waals surface area contributed by atoms with Crippen LogP contribution in [0.2, 0.25) is 5.02 Å². The number of hydrogen-bond acceptors (Lipinski definition) is 7. The van der Waals surface area contributed by atoms with Crippen molar-refractivity contribution in [3.63, 3.8) is 0 Å². The van der Waals surface area contributed by atoms with E-state index in [9.17, 15) is 19.2 Å². The minimum Gasteiger partial charge on any atom is -0.495 e. The van der Waals surface area contributed by atoms with Crippen molar-refractivity contribution in [3.05, 3.63) is 81.3 Å². The smallest absolute Gasteiger partial charge is 0.335 e. The van der Waals surface area contributed by atoms with Gasteiger partial charge >= 0.3 is 6.03 Å². The van der Waals surface area contributed by atoms with Crippen LogP contribution in [0.3, 0.4) is 0 Å². The molecule has 10 nitrogen and oxygen atoms in total. The molecule has 1 aliphatic heterocycles. The molecule has 0 aliphatic carbocycles. The molecule has 1 saturated heterocycles. The summed E-state index contributed by atoms with van der Waals surface area (Å²) in [4.78, 5) is 51.6. The Morgan fingerprint density at radius 1 is 1.05 bits per heavy atom. The van der Waals surface area contributed by atoms with Crippen molar-refractivity contribution in [2.45, 2.75) is 6.92 Å². The number of methoxy groups -OCH3 is 1. The van der Waals surface area contributed by atoms with Crippen LogP contribution >= 0.6 is 27.5 Å². The number of ether oxygens (including phenoxy) is 3. The van der Waals surface area contributed by atoms with Crippen LogP contribution in [0.4, 0.5) is 16.2 Å². The molecule has 0 unspecified atom stereocenters. The maximum atomic E-state index is 13.2. The number of imide groups is 2. The third kappa shape index (κ3) is 6.44. The van der Waals surface area contributed by atoms with E-state index in [1.165, 1.54) is 37.5 Å². The normalized spacial score (nSPS) is 14.2. The molecule has 40 heavy (non-hydrogen) atoms. The van der Waals surface area contributed by atoms with Gasteiger partial charge in [-0.25, -0.2) is 9.69 Å². The Labute approximate surface area is 243 Å². The fourth-order valence-corrected chi connectivity index (χ4v) is 4.50. The summed E-state index contributed by atoms with van der Waals surface area (Å²) in [6.07, 6.45) is 1.33. The van der Waals surface area contributed by atoms with Crippen molar-refractivity contribution in [1.29, 1.82) is 0 Å². The molecule has 1 heterocycles. The van der Waals surface area contributed by atoms with Crippen LogP contribution in [0.5, 0.6) is 17.2 Å². The highest BCUT2D eigenvalue weighted by atomic mass is 79.9. The lowest BCUT2D eigenvalue weighted by atomic mass is 10.1. The molecule has 0 bridgehead atoms. The number of halogens is 2. The first-order valence-electron chi connectivity index (χ1n) is 11.9. The van der Waals surface area contributed by atoms with Crippen LogP contribution in [0.15, 0.2) is 70.7 Å². The molecule has 0 radical (unpaired) electrons. The third-order valence-electron chi connectivity index (χ3n) is 5.56. The average molecular weight is 629 g/mol. The minimum atomic E-state index is -0.874. The molecule has 0 spiro atoms. The van der Waals surface area contributed by atoms with Crippen molar-refractivity contribution in [3.8, 4) is 17.2 Å². The predicted octanol–water partition coefficient (Wildman–Crippen LogP) is 5.19. The Hall–Kier alpha value is -4.35. The standard InChI is InChI=1S/C28H23BrClN3O7/c1-3-39-23-14-16(12-19-26(35)32-28(37)33(27(19)36)18-10-8-17(30)9-11-18)13-20(29)25(23)40-15-24(34)31-21-6-4-5-7-22(21)38-2/h4-14H,3,15H2,1-2H3,(H,31,34)(H,32,35,37)/b19-12-. The number of hydrogen-bond donors (Lipinski definition) is 2. The van der Waals surface area contributed by atoms with E-state index in [1.54, 1.807) is 43.3 Å². The average Bonchev–Trinajstić information content (AvgIpc) is 2.92. The highest BCUT2D eigenvalue weighted by Gasteiger charge is 2.36. The molecule has 12 heteroatoms. The maximum Gasteiger partial charge on any atom is 0.335 e. The van der Waals surface area contributed by atoms with Crippen LogP contribution in [-0.4, -0.2) is 44.1 Å². The first-order valence-corrected chi connectivity index (χ1v) is 13.1. The summed E-state index contributed by atoms with van der Waals surface area (Å²) in [6.45, 7) is 1.70. The van der Waals surface area contributed by atoms with Gasteiger partial charge in [0.1, 0.15) is 11.3 Å². The zero-order valence-corrected chi connectivity index (χ0v) is 23.7.